The van der Waals surface area contributed by atoms with Crippen LogP contribution in [-0.2, 0) is 14.3 Å². The molecule has 3 unspecified atom stereocenters. The Morgan fingerprint density at radius 2 is 2.15 bits per heavy atom. The summed E-state index contributed by atoms with van der Waals surface area (Å²) in [5.74, 6) is -1.70. The van der Waals surface area contributed by atoms with Crippen molar-refractivity contribution in [3.8, 4) is 0 Å². The molecule has 2 fully saturated rings. The van der Waals surface area contributed by atoms with Gasteiger partial charge in [-0.3, -0.25) is 9.59 Å². The first kappa shape index (κ1) is 13.6. The number of ether oxygens (including phenoxy) is 1. The molecule has 20 heavy (non-hydrogen) atoms. The number of carboxylic acids is 1. The van der Waals surface area contributed by atoms with Gasteiger partial charge in [-0.15, -0.1) is 11.3 Å². The van der Waals surface area contributed by atoms with Crippen LogP contribution in [-0.4, -0.2) is 41.6 Å². The van der Waals surface area contributed by atoms with Crippen LogP contribution in [0.2, 0.25) is 0 Å². The summed E-state index contributed by atoms with van der Waals surface area (Å²) in [6.07, 6.45) is 1.23. The third kappa shape index (κ3) is 2.45. The lowest BCUT2D eigenvalue weighted by atomic mass is 9.73. The molecule has 108 valence electrons. The minimum atomic E-state index is -0.849. The van der Waals surface area contributed by atoms with Gasteiger partial charge >= 0.3 is 5.97 Å². The summed E-state index contributed by atoms with van der Waals surface area (Å²) < 4.78 is 5.71. The number of hydrogen-bond donors (Lipinski definition) is 1. The summed E-state index contributed by atoms with van der Waals surface area (Å²) in [5.41, 5.74) is 0. The molecule has 1 aliphatic carbocycles. The molecule has 1 aromatic heterocycles. The maximum atomic E-state index is 12.4. The van der Waals surface area contributed by atoms with Crippen LogP contribution in [0.25, 0.3) is 0 Å². The normalized spacial score (nSPS) is 29.8. The van der Waals surface area contributed by atoms with Crippen molar-refractivity contribution in [3.63, 3.8) is 0 Å². The van der Waals surface area contributed by atoms with Gasteiger partial charge in [-0.05, 0) is 24.3 Å². The number of morpholine rings is 1. The molecule has 1 saturated carbocycles. The highest BCUT2D eigenvalue weighted by molar-refractivity contribution is 7.10. The summed E-state index contributed by atoms with van der Waals surface area (Å²) in [7, 11) is 0. The summed E-state index contributed by atoms with van der Waals surface area (Å²) in [6, 6.07) is 3.98. The highest BCUT2D eigenvalue weighted by atomic mass is 32.1. The van der Waals surface area contributed by atoms with Gasteiger partial charge in [0.05, 0.1) is 25.0 Å². The highest BCUT2D eigenvalue weighted by Gasteiger charge is 2.44. The minimum Gasteiger partial charge on any atom is -0.481 e. The molecule has 2 heterocycles. The quantitative estimate of drug-likeness (QED) is 0.922. The van der Waals surface area contributed by atoms with E-state index in [2.05, 4.69) is 0 Å². The summed E-state index contributed by atoms with van der Waals surface area (Å²) in [6.45, 7) is 1.60. The number of rotatable bonds is 3. The second-order valence-electron chi connectivity index (χ2n) is 5.29. The molecular weight excluding hydrogens is 278 g/mol. The Labute approximate surface area is 121 Å². The van der Waals surface area contributed by atoms with Crippen molar-refractivity contribution in [2.24, 2.45) is 11.8 Å². The summed E-state index contributed by atoms with van der Waals surface area (Å²) in [5, 5.41) is 11.1. The van der Waals surface area contributed by atoms with E-state index in [0.29, 0.717) is 32.5 Å². The van der Waals surface area contributed by atoms with Crippen LogP contribution in [0.15, 0.2) is 17.5 Å². The SMILES string of the molecule is O=C(O)C1CCC1C(=O)N1CCOC(c2cccs2)C1. The van der Waals surface area contributed by atoms with Gasteiger partial charge in [-0.1, -0.05) is 6.07 Å². The van der Waals surface area contributed by atoms with E-state index in [1.807, 2.05) is 17.5 Å². The van der Waals surface area contributed by atoms with Crippen LogP contribution in [0.4, 0.5) is 0 Å². The highest BCUT2D eigenvalue weighted by Crippen LogP contribution is 2.37. The molecule has 1 amide bonds. The zero-order valence-corrected chi connectivity index (χ0v) is 11.8. The Morgan fingerprint density at radius 3 is 2.75 bits per heavy atom. The number of carboxylic acid groups (broad SMARTS) is 1. The van der Waals surface area contributed by atoms with Crippen molar-refractivity contribution in [2.45, 2.75) is 18.9 Å². The fourth-order valence-corrected chi connectivity index (χ4v) is 3.59. The molecule has 1 aliphatic heterocycles. The molecule has 3 rings (SSSR count). The average molecular weight is 295 g/mol. The van der Waals surface area contributed by atoms with Crippen molar-refractivity contribution in [1.82, 2.24) is 4.90 Å². The lowest BCUT2D eigenvalue weighted by Crippen LogP contribution is -2.50. The fourth-order valence-electron chi connectivity index (χ4n) is 2.82. The Morgan fingerprint density at radius 1 is 1.35 bits per heavy atom. The molecule has 6 heteroatoms. The third-order valence-corrected chi connectivity index (χ3v) is 5.11. The first-order valence-electron chi connectivity index (χ1n) is 6.83. The number of carbonyl (C=O) groups is 2. The van der Waals surface area contributed by atoms with Gasteiger partial charge in [-0.25, -0.2) is 0 Å². The van der Waals surface area contributed by atoms with Gasteiger partial charge in [-0.2, -0.15) is 0 Å². The zero-order chi connectivity index (χ0) is 14.1. The lowest BCUT2D eigenvalue weighted by Gasteiger charge is -2.39. The van der Waals surface area contributed by atoms with Gasteiger partial charge in [0.15, 0.2) is 0 Å². The molecule has 0 bridgehead atoms. The molecule has 1 N–H and O–H groups in total. The predicted octanol–water partition coefficient (Wildman–Crippen LogP) is 1.76. The second kappa shape index (κ2) is 5.54. The number of amides is 1. The summed E-state index contributed by atoms with van der Waals surface area (Å²) >= 11 is 1.62. The molecule has 1 aromatic rings. The lowest BCUT2D eigenvalue weighted by molar-refractivity contribution is -0.160. The molecule has 3 atom stereocenters. The number of hydrogen-bond acceptors (Lipinski definition) is 4. The van der Waals surface area contributed by atoms with Crippen LogP contribution in [0.5, 0.6) is 0 Å². The minimum absolute atomic E-state index is 0.0199. The average Bonchev–Trinajstić information content (AvgIpc) is 2.90. The van der Waals surface area contributed by atoms with Crippen molar-refractivity contribution in [3.05, 3.63) is 22.4 Å². The smallest absolute Gasteiger partial charge is 0.307 e. The van der Waals surface area contributed by atoms with E-state index in [4.69, 9.17) is 9.84 Å². The Balaban J connectivity index is 1.65. The first-order chi connectivity index (χ1) is 9.66. The van der Waals surface area contributed by atoms with Crippen molar-refractivity contribution < 1.29 is 19.4 Å². The van der Waals surface area contributed by atoms with E-state index in [0.717, 1.165) is 4.88 Å². The van der Waals surface area contributed by atoms with Crippen LogP contribution in [0.3, 0.4) is 0 Å². The second-order valence-corrected chi connectivity index (χ2v) is 6.27. The van der Waals surface area contributed by atoms with Gasteiger partial charge in [0.2, 0.25) is 5.91 Å². The van der Waals surface area contributed by atoms with Gasteiger partial charge in [0, 0.05) is 11.4 Å². The Hall–Kier alpha value is -1.40. The largest absolute Gasteiger partial charge is 0.481 e. The van der Waals surface area contributed by atoms with Crippen molar-refractivity contribution in [1.29, 1.82) is 0 Å². The topological polar surface area (TPSA) is 66.8 Å². The van der Waals surface area contributed by atoms with E-state index in [9.17, 15) is 9.59 Å². The monoisotopic (exact) mass is 295 g/mol. The van der Waals surface area contributed by atoms with E-state index >= 15 is 0 Å². The van der Waals surface area contributed by atoms with E-state index in [1.165, 1.54) is 0 Å². The van der Waals surface area contributed by atoms with Crippen LogP contribution in [0.1, 0.15) is 23.8 Å². The number of carbonyl (C=O) groups excluding carboxylic acids is 1. The molecule has 0 radical (unpaired) electrons. The molecule has 2 aliphatic rings. The number of aliphatic carboxylic acids is 1. The van der Waals surface area contributed by atoms with Crippen LogP contribution >= 0.6 is 11.3 Å². The zero-order valence-electron chi connectivity index (χ0n) is 11.0. The molecule has 1 saturated heterocycles. The van der Waals surface area contributed by atoms with Gasteiger partial charge < -0.3 is 14.7 Å². The Kier molecular flexibility index (Phi) is 3.76. The number of nitrogens with zero attached hydrogens (tertiary/aromatic N) is 1. The summed E-state index contributed by atoms with van der Waals surface area (Å²) in [4.78, 5) is 26.3. The molecular formula is C14H17NO4S. The molecule has 0 spiro atoms. The van der Waals surface area contributed by atoms with Crippen LogP contribution < -0.4 is 0 Å². The van der Waals surface area contributed by atoms with Crippen LogP contribution in [0, 0.1) is 11.8 Å². The third-order valence-electron chi connectivity index (χ3n) is 4.15. The van der Waals surface area contributed by atoms with Crippen molar-refractivity contribution >= 4 is 23.2 Å². The van der Waals surface area contributed by atoms with Crippen molar-refractivity contribution in [2.75, 3.05) is 19.7 Å². The predicted molar refractivity (Wildman–Crippen MR) is 73.4 cm³/mol. The standard InChI is InChI=1S/C14H17NO4S/c16-13(9-3-4-10(9)14(17)18)15-5-6-19-11(8-15)12-2-1-7-20-12/h1-2,7,9-11H,3-6,8H2,(H,17,18). The fraction of sp³-hybridized carbons (Fsp3) is 0.571. The van der Waals surface area contributed by atoms with Gasteiger partial charge in [0.25, 0.3) is 0 Å². The maximum absolute atomic E-state index is 12.4. The van der Waals surface area contributed by atoms with E-state index < -0.39 is 11.9 Å². The maximum Gasteiger partial charge on any atom is 0.307 e. The Bertz CT molecular complexity index is 501. The van der Waals surface area contributed by atoms with E-state index in [-0.39, 0.29) is 17.9 Å². The molecule has 5 nitrogen and oxygen atoms in total. The number of thiophene rings is 1. The van der Waals surface area contributed by atoms with E-state index in [1.54, 1.807) is 16.2 Å². The van der Waals surface area contributed by atoms with Gasteiger partial charge in [0.1, 0.15) is 6.10 Å². The molecule has 0 aromatic carbocycles. The first-order valence-corrected chi connectivity index (χ1v) is 7.71.